The normalized spacial score (nSPS) is 16.3. The minimum Gasteiger partial charge on any atom is -0.368 e. The first-order valence-electron chi connectivity index (χ1n) is 6.21. The maximum Gasteiger partial charge on any atom is 0.0640 e. The molecule has 3 nitrogen and oxygen atoms in total. The van der Waals surface area contributed by atoms with Crippen molar-refractivity contribution in [1.29, 1.82) is 5.26 Å². The molecule has 2 rings (SSSR count). The number of nitriles is 1. The Kier molecular flexibility index (Phi) is 3.65. The van der Waals surface area contributed by atoms with E-state index < -0.39 is 0 Å². The average Bonchev–Trinajstić information content (AvgIpc) is 3.14. The van der Waals surface area contributed by atoms with Crippen LogP contribution in [0.5, 0.6) is 0 Å². The van der Waals surface area contributed by atoms with Gasteiger partial charge in [0.15, 0.2) is 0 Å². The fraction of sp³-hybridized carbons (Fsp3) is 0.500. The van der Waals surface area contributed by atoms with Gasteiger partial charge in [-0.1, -0.05) is 12.1 Å². The minimum absolute atomic E-state index is 0.0810. The quantitative estimate of drug-likeness (QED) is 0.844. The zero-order valence-corrected chi connectivity index (χ0v) is 10.3. The zero-order chi connectivity index (χ0) is 12.3. The topological polar surface area (TPSA) is 53.0 Å². The van der Waals surface area contributed by atoms with E-state index in [4.69, 9.17) is 11.0 Å². The van der Waals surface area contributed by atoms with Crippen LogP contribution in [0.3, 0.4) is 0 Å². The number of hydrogen-bond donors (Lipinski definition) is 1. The van der Waals surface area contributed by atoms with E-state index in [2.05, 4.69) is 35.2 Å². The molecule has 2 N–H and O–H groups in total. The van der Waals surface area contributed by atoms with Gasteiger partial charge < -0.3 is 10.6 Å². The Hall–Kier alpha value is -1.53. The Morgan fingerprint density at radius 3 is 2.53 bits per heavy atom. The number of rotatable bonds is 5. The van der Waals surface area contributed by atoms with Crippen LogP contribution in [0.2, 0.25) is 0 Å². The van der Waals surface area contributed by atoms with Crippen molar-refractivity contribution in [3.8, 4) is 6.07 Å². The first-order chi connectivity index (χ1) is 8.22. The summed E-state index contributed by atoms with van der Waals surface area (Å²) in [5.74, 6) is 0. The largest absolute Gasteiger partial charge is 0.368 e. The van der Waals surface area contributed by atoms with Gasteiger partial charge in [0.1, 0.15) is 0 Å². The molecule has 0 heterocycles. The van der Waals surface area contributed by atoms with Crippen molar-refractivity contribution in [2.45, 2.75) is 38.3 Å². The first-order valence-corrected chi connectivity index (χ1v) is 6.21. The molecule has 1 aliphatic carbocycles. The van der Waals surface area contributed by atoms with Crippen molar-refractivity contribution >= 4 is 5.69 Å². The fourth-order valence-corrected chi connectivity index (χ4v) is 2.05. The molecular weight excluding hydrogens is 210 g/mol. The zero-order valence-electron chi connectivity index (χ0n) is 10.3. The van der Waals surface area contributed by atoms with Crippen LogP contribution in [0.25, 0.3) is 0 Å². The van der Waals surface area contributed by atoms with Crippen LogP contribution >= 0.6 is 0 Å². The summed E-state index contributed by atoms with van der Waals surface area (Å²) in [4.78, 5) is 2.34. The molecule has 1 aromatic carbocycles. The van der Waals surface area contributed by atoms with Crippen molar-refractivity contribution in [1.82, 2.24) is 0 Å². The molecule has 17 heavy (non-hydrogen) atoms. The molecule has 0 aromatic heterocycles. The SMILES string of the molecule is C[C@H](N)c1ccc(N(CCC#N)C2CC2)cc1. The Labute approximate surface area is 103 Å². The van der Waals surface area contributed by atoms with Crippen LogP contribution in [-0.2, 0) is 0 Å². The van der Waals surface area contributed by atoms with E-state index in [0.717, 1.165) is 12.1 Å². The van der Waals surface area contributed by atoms with E-state index in [1.165, 1.54) is 18.5 Å². The summed E-state index contributed by atoms with van der Waals surface area (Å²) in [7, 11) is 0. The lowest BCUT2D eigenvalue weighted by atomic mass is 10.1. The van der Waals surface area contributed by atoms with Crippen LogP contribution in [0.15, 0.2) is 24.3 Å². The molecule has 1 atom stereocenters. The maximum absolute atomic E-state index is 8.69. The molecule has 0 bridgehead atoms. The van der Waals surface area contributed by atoms with Gasteiger partial charge in [0.25, 0.3) is 0 Å². The molecule has 1 saturated carbocycles. The van der Waals surface area contributed by atoms with Gasteiger partial charge in [-0.3, -0.25) is 0 Å². The van der Waals surface area contributed by atoms with Crippen LogP contribution in [0, 0.1) is 11.3 Å². The molecule has 1 aromatic rings. The van der Waals surface area contributed by atoms with E-state index in [-0.39, 0.29) is 6.04 Å². The van der Waals surface area contributed by atoms with Crippen molar-refractivity contribution < 1.29 is 0 Å². The average molecular weight is 229 g/mol. The third-order valence-corrected chi connectivity index (χ3v) is 3.20. The molecule has 0 unspecified atom stereocenters. The second-order valence-electron chi connectivity index (χ2n) is 4.71. The van der Waals surface area contributed by atoms with Crippen molar-refractivity contribution in [2.75, 3.05) is 11.4 Å². The van der Waals surface area contributed by atoms with Gasteiger partial charge in [0, 0.05) is 24.3 Å². The van der Waals surface area contributed by atoms with Crippen LogP contribution in [0.1, 0.15) is 37.8 Å². The minimum atomic E-state index is 0.0810. The molecule has 0 amide bonds. The predicted octanol–water partition coefficient (Wildman–Crippen LogP) is 2.59. The van der Waals surface area contributed by atoms with Gasteiger partial charge in [-0.2, -0.15) is 5.26 Å². The van der Waals surface area contributed by atoms with Gasteiger partial charge in [-0.15, -0.1) is 0 Å². The molecule has 1 fully saturated rings. The number of anilines is 1. The molecule has 90 valence electrons. The summed E-state index contributed by atoms with van der Waals surface area (Å²) in [6, 6.07) is 11.4. The Balaban J connectivity index is 2.10. The molecule has 1 aliphatic rings. The van der Waals surface area contributed by atoms with Gasteiger partial charge in [0.2, 0.25) is 0 Å². The van der Waals surface area contributed by atoms with E-state index in [9.17, 15) is 0 Å². The summed E-state index contributed by atoms with van der Waals surface area (Å²) in [6.45, 7) is 2.82. The highest BCUT2D eigenvalue weighted by molar-refractivity contribution is 5.50. The standard InChI is InChI=1S/C14H19N3/c1-11(16)12-3-5-13(6-4-12)17(10-2-9-15)14-7-8-14/h3-6,11,14H,2,7-8,10,16H2,1H3/t11-/m0/s1. The van der Waals surface area contributed by atoms with E-state index in [0.29, 0.717) is 12.5 Å². The summed E-state index contributed by atoms with van der Waals surface area (Å²) >= 11 is 0. The molecule has 0 spiro atoms. The van der Waals surface area contributed by atoms with Crippen LogP contribution in [-0.4, -0.2) is 12.6 Å². The fourth-order valence-electron chi connectivity index (χ4n) is 2.05. The van der Waals surface area contributed by atoms with Crippen LogP contribution < -0.4 is 10.6 Å². The summed E-state index contributed by atoms with van der Waals surface area (Å²) in [5.41, 5.74) is 8.21. The second kappa shape index (κ2) is 5.20. The highest BCUT2D eigenvalue weighted by Crippen LogP contribution is 2.32. The molecule has 3 heteroatoms. The molecule has 0 aliphatic heterocycles. The van der Waals surface area contributed by atoms with Gasteiger partial charge in [-0.25, -0.2) is 0 Å². The third kappa shape index (κ3) is 2.98. The monoisotopic (exact) mass is 229 g/mol. The summed E-state index contributed by atoms with van der Waals surface area (Å²) in [5, 5.41) is 8.69. The number of benzene rings is 1. The maximum atomic E-state index is 8.69. The summed E-state index contributed by atoms with van der Waals surface area (Å²) in [6.07, 6.45) is 3.09. The predicted molar refractivity (Wildman–Crippen MR) is 69.6 cm³/mol. The summed E-state index contributed by atoms with van der Waals surface area (Å²) < 4.78 is 0. The van der Waals surface area contributed by atoms with Crippen LogP contribution in [0.4, 0.5) is 5.69 Å². The van der Waals surface area contributed by atoms with Gasteiger partial charge in [-0.05, 0) is 37.5 Å². The molecule has 0 saturated heterocycles. The van der Waals surface area contributed by atoms with E-state index in [1.54, 1.807) is 0 Å². The number of nitrogens with zero attached hydrogens (tertiary/aromatic N) is 2. The van der Waals surface area contributed by atoms with Crippen molar-refractivity contribution in [3.05, 3.63) is 29.8 Å². The lowest BCUT2D eigenvalue weighted by Gasteiger charge is -2.24. The Bertz CT molecular complexity index is 398. The smallest absolute Gasteiger partial charge is 0.0640 e. The second-order valence-corrected chi connectivity index (χ2v) is 4.71. The number of nitrogens with two attached hydrogens (primary N) is 1. The lowest BCUT2D eigenvalue weighted by Crippen LogP contribution is -2.26. The highest BCUT2D eigenvalue weighted by Gasteiger charge is 2.28. The number of hydrogen-bond acceptors (Lipinski definition) is 3. The lowest BCUT2D eigenvalue weighted by molar-refractivity contribution is 0.788. The Morgan fingerprint density at radius 2 is 2.06 bits per heavy atom. The van der Waals surface area contributed by atoms with E-state index >= 15 is 0 Å². The Morgan fingerprint density at radius 1 is 1.41 bits per heavy atom. The van der Waals surface area contributed by atoms with E-state index in [1.807, 2.05) is 6.92 Å². The molecular formula is C14H19N3. The third-order valence-electron chi connectivity index (χ3n) is 3.20. The van der Waals surface area contributed by atoms with Gasteiger partial charge >= 0.3 is 0 Å². The van der Waals surface area contributed by atoms with Crippen molar-refractivity contribution in [2.24, 2.45) is 5.73 Å². The van der Waals surface area contributed by atoms with Crippen molar-refractivity contribution in [3.63, 3.8) is 0 Å². The van der Waals surface area contributed by atoms with Gasteiger partial charge in [0.05, 0.1) is 12.5 Å². The molecule has 0 radical (unpaired) electrons. The highest BCUT2D eigenvalue weighted by atomic mass is 15.2. The first kappa shape index (κ1) is 11.9.